The predicted molar refractivity (Wildman–Crippen MR) is 426 cm³/mol. The molecule has 0 saturated carbocycles. The number of imidazole rings is 1. The molecule has 20 N–H and O–H groups in total. The minimum Gasteiger partial charge on any atom is -0.508 e. The number of benzene rings is 2. The molecule has 4 aromatic rings. The highest BCUT2D eigenvalue weighted by molar-refractivity contribution is 8.00. The molecule has 12 amide bonds. The zero-order chi connectivity index (χ0) is 79.2. The van der Waals surface area contributed by atoms with Gasteiger partial charge in [-0.15, -0.1) is 18.5 Å². The van der Waals surface area contributed by atoms with Crippen LogP contribution in [0.25, 0.3) is 10.9 Å². The largest absolute Gasteiger partial charge is 0.508 e. The number of phenols is 1. The topological polar surface area (TPSA) is 504 Å². The van der Waals surface area contributed by atoms with Gasteiger partial charge in [-0.3, -0.25) is 62.5 Å². The highest BCUT2D eigenvalue weighted by Gasteiger charge is 2.40. The van der Waals surface area contributed by atoms with Gasteiger partial charge >= 0.3 is 0 Å². The number of carbonyl (C=O) groups excluding carboxylic acids is 12. The van der Waals surface area contributed by atoms with Gasteiger partial charge in [0.15, 0.2) is 5.96 Å². The van der Waals surface area contributed by atoms with E-state index in [0.717, 1.165) is 61.7 Å². The second-order valence-corrected chi connectivity index (χ2v) is 31.5. The summed E-state index contributed by atoms with van der Waals surface area (Å²) >= 11 is 3.98. The van der Waals surface area contributed by atoms with Crippen LogP contribution in [0.5, 0.6) is 5.75 Å². The molecule has 2 aliphatic heterocycles. The van der Waals surface area contributed by atoms with E-state index in [-0.39, 0.29) is 120 Å². The smallest absolute Gasteiger partial charge is 0.245 e. The van der Waals surface area contributed by atoms with Crippen molar-refractivity contribution >= 4 is 130 Å². The fourth-order valence-electron chi connectivity index (χ4n) is 12.7. The Labute approximate surface area is 649 Å². The number of likely N-dealkylation sites (tertiary alicyclic amines) is 1. The number of unbranched alkanes of at least 4 members (excludes halogenated alkanes) is 2. The molecule has 600 valence electrons. The van der Waals surface area contributed by atoms with Crippen LogP contribution in [-0.4, -0.2) is 229 Å². The van der Waals surface area contributed by atoms with E-state index < -0.39 is 127 Å². The normalized spacial score (nSPS) is 16.2. The number of fused-ring (bicyclic) bond motifs is 1. The lowest BCUT2D eigenvalue weighted by atomic mass is 10.00. The number of aromatic amines is 2. The quantitative estimate of drug-likeness (QED) is 0.0124. The first-order valence-corrected chi connectivity index (χ1v) is 41.3. The molecule has 2 fully saturated rings. The monoisotopic (exact) mass is 1590 g/mol. The first-order chi connectivity index (χ1) is 52.4. The minimum absolute atomic E-state index is 0.0138. The van der Waals surface area contributed by atoms with Crippen LogP contribution in [-0.2, 0) is 76.8 Å². The second kappa shape index (κ2) is 48.2. The maximum absolute atomic E-state index is 15.2. The van der Waals surface area contributed by atoms with Crippen molar-refractivity contribution in [3.63, 3.8) is 0 Å². The number of thioether (sulfide) groups is 2. The van der Waals surface area contributed by atoms with Crippen molar-refractivity contribution in [3.05, 3.63) is 84.1 Å². The van der Waals surface area contributed by atoms with Gasteiger partial charge in [0.05, 0.1) is 19.5 Å². The third-order valence-electron chi connectivity index (χ3n) is 18.5. The number of aliphatic hydroxyl groups is 1. The molecule has 12 atom stereocenters. The number of aromatic nitrogens is 3. The highest BCUT2D eigenvalue weighted by Crippen LogP contribution is 2.26. The fraction of sp³-hybridized carbons (Fsp3) is 0.589. The van der Waals surface area contributed by atoms with E-state index in [0.29, 0.717) is 58.7 Å². The van der Waals surface area contributed by atoms with E-state index in [2.05, 4.69) is 91.6 Å². The van der Waals surface area contributed by atoms with Crippen molar-refractivity contribution in [2.45, 2.75) is 202 Å². The number of aromatic hydroxyl groups is 1. The third-order valence-corrected chi connectivity index (χ3v) is 21.9. The number of nitrogens with zero attached hydrogens (tertiary/aromatic N) is 3. The Kier molecular flexibility index (Phi) is 39.5. The summed E-state index contributed by atoms with van der Waals surface area (Å²) in [5.74, 6) is -5.91. The molecule has 0 aliphatic carbocycles. The van der Waals surface area contributed by atoms with Crippen LogP contribution in [0.1, 0.15) is 140 Å². The zero-order valence-electron chi connectivity index (χ0n) is 62.3. The predicted octanol–water partition coefficient (Wildman–Crippen LogP) is 0.584. The molecule has 36 heteroatoms. The van der Waals surface area contributed by atoms with Crippen molar-refractivity contribution in [2.24, 2.45) is 28.1 Å². The lowest BCUT2D eigenvalue weighted by Gasteiger charge is -2.30. The van der Waals surface area contributed by atoms with Gasteiger partial charge in [-0.05, 0) is 155 Å². The molecular formula is C73H112N18O14P2S2. The Bertz CT molecular complexity index is 3650. The molecule has 2 saturated heterocycles. The van der Waals surface area contributed by atoms with Crippen molar-refractivity contribution in [3.8, 4) is 5.75 Å². The molecule has 0 bridgehead atoms. The maximum atomic E-state index is 15.2. The maximum Gasteiger partial charge on any atom is 0.245 e. The summed E-state index contributed by atoms with van der Waals surface area (Å²) in [5, 5.41) is 49.5. The van der Waals surface area contributed by atoms with Gasteiger partial charge in [-0.25, -0.2) is 4.98 Å². The van der Waals surface area contributed by atoms with Gasteiger partial charge in [0.2, 0.25) is 70.9 Å². The molecule has 0 radical (unpaired) electrons. The molecule has 32 nitrogen and oxygen atoms in total. The number of hydrogen-bond acceptors (Lipinski definition) is 18. The van der Waals surface area contributed by atoms with Crippen molar-refractivity contribution < 1.29 is 67.7 Å². The molecule has 109 heavy (non-hydrogen) atoms. The minimum atomic E-state index is -1.81. The first-order valence-electron chi connectivity index (χ1n) is 37.5. The van der Waals surface area contributed by atoms with Crippen LogP contribution in [0.4, 0.5) is 0 Å². The lowest BCUT2D eigenvalue weighted by Crippen LogP contribution is -2.61. The van der Waals surface area contributed by atoms with Crippen LogP contribution < -0.4 is 70.4 Å². The number of primary amides is 1. The van der Waals surface area contributed by atoms with E-state index in [4.69, 9.17) is 17.2 Å². The Balaban J connectivity index is 1.25. The molecular weight excluding hydrogens is 1480 g/mol. The Morgan fingerprint density at radius 2 is 1.29 bits per heavy atom. The van der Waals surface area contributed by atoms with Gasteiger partial charge in [0.1, 0.15) is 60.1 Å². The molecule has 2 aliphatic rings. The summed E-state index contributed by atoms with van der Waals surface area (Å²) in [5.41, 5.74) is 18.6. The molecule has 0 spiro atoms. The summed E-state index contributed by atoms with van der Waals surface area (Å²) in [6.45, 7) is 2.52. The number of nitrogens with one attached hydrogen (secondary N) is 12. The van der Waals surface area contributed by atoms with E-state index in [1.165, 1.54) is 41.7 Å². The Morgan fingerprint density at radius 3 is 1.96 bits per heavy atom. The van der Waals surface area contributed by atoms with E-state index >= 15 is 9.59 Å². The van der Waals surface area contributed by atoms with Gasteiger partial charge in [0, 0.05) is 86.0 Å². The summed E-state index contributed by atoms with van der Waals surface area (Å²) in [7, 11) is 5.56. The van der Waals surface area contributed by atoms with Crippen molar-refractivity contribution in [1.82, 2.24) is 73.0 Å². The second-order valence-electron chi connectivity index (χ2n) is 27.7. The van der Waals surface area contributed by atoms with E-state index in [9.17, 15) is 58.2 Å². The standard InChI is InChI=1S/C73H112N18O14P2S2/c1-44(2)35-55(66(99)85-54(17-9-28-79-73(75)76)72(105)91-29-10-18-60(91)71(104)81-41-61(74)94)86-64(97)52(16-7-8-27-78-62(95)19-6-3-13-49(109-33-12-31-107)26-34-108-32-11-30-106)84-67(100)56(36-45-20-22-48(93)23-21-45)87-70(103)59(42-92)90-68(101)57(37-46-39-80-51-15-5-4-14-50(46)51)88-69(102)58(38-47-40-77-43-82-47)89-65(98)53-24-25-63(96)83-53/h4-5,14-15,20-23,39-40,43-44,49,52-60,80,92-93H,3,6-13,16-19,24-38,41-42,106-107H2,1-2H3,(H2,74,94)(H,77,82)(H,78,95)(H,81,104)(H,83,96)(H,84,100)(H,85,99)(H,86,97)(H,87,103)(H,88,102)(H,89,98)(H,90,101)(H4,75,76,79). The average molecular weight is 1590 g/mol. The summed E-state index contributed by atoms with van der Waals surface area (Å²) in [6, 6.07) is 0.591. The van der Waals surface area contributed by atoms with E-state index in [1.54, 1.807) is 44.3 Å². The van der Waals surface area contributed by atoms with Crippen molar-refractivity contribution in [2.75, 3.05) is 62.4 Å². The lowest BCUT2D eigenvalue weighted by molar-refractivity contribution is -0.142. The molecule has 2 aromatic heterocycles. The molecule has 4 heterocycles. The van der Waals surface area contributed by atoms with Crippen LogP contribution in [0.3, 0.4) is 0 Å². The number of H-pyrrole nitrogens is 2. The van der Waals surface area contributed by atoms with Gasteiger partial charge in [-0.1, -0.05) is 50.6 Å². The average Bonchev–Trinajstić information content (AvgIpc) is 1.72. The van der Waals surface area contributed by atoms with Crippen LogP contribution >= 0.6 is 42.0 Å². The number of rotatable bonds is 51. The summed E-state index contributed by atoms with van der Waals surface area (Å²) < 4.78 is 0. The Hall–Kier alpha value is -8.58. The van der Waals surface area contributed by atoms with Crippen LogP contribution in [0.2, 0.25) is 0 Å². The molecule has 2 aromatic carbocycles. The van der Waals surface area contributed by atoms with Crippen molar-refractivity contribution in [1.29, 1.82) is 0 Å². The summed E-state index contributed by atoms with van der Waals surface area (Å²) in [4.78, 5) is 183. The number of nitrogens with two attached hydrogens (primary N) is 3. The van der Waals surface area contributed by atoms with Gasteiger partial charge < -0.3 is 95.4 Å². The number of guanidine groups is 1. The first kappa shape index (κ1) is 89.3. The highest BCUT2D eigenvalue weighted by atomic mass is 32.2. The number of aliphatic hydroxyl groups excluding tert-OH is 1. The zero-order valence-corrected chi connectivity index (χ0v) is 66.2. The number of hydrogen-bond donors (Lipinski definition) is 17. The number of carbonyl (C=O) groups is 12. The van der Waals surface area contributed by atoms with Crippen LogP contribution in [0.15, 0.2) is 72.2 Å². The Morgan fingerprint density at radius 1 is 0.661 bits per heavy atom. The molecule has 12 unspecified atom stereocenters. The number of phenolic OH excluding ortho intramolecular Hbond substituents is 1. The molecule has 6 rings (SSSR count). The number of aliphatic imine (C=N–C) groups is 1. The van der Waals surface area contributed by atoms with E-state index in [1.807, 2.05) is 23.5 Å². The van der Waals surface area contributed by atoms with Crippen LogP contribution in [0, 0.1) is 5.92 Å². The SMILES string of the molecule is CC(C)CC(NC(=O)C(CCCCNC(=O)CCCCC(CCSCCCP)SCCCP)NC(=O)C(Cc1ccc(O)cc1)NC(=O)C(CO)NC(=O)C(Cc1c[nH]c2ccccc12)NC(=O)C(Cc1cnc[nH]1)NC(=O)C1CCC(=O)N1)C(=O)NC(CCCN=C(N)N)C(=O)N1CCCC1C(=O)NCC(N)=O. The van der Waals surface area contributed by atoms with Gasteiger partial charge in [0.25, 0.3) is 0 Å². The number of amides is 12. The third kappa shape index (κ3) is 31.7. The summed E-state index contributed by atoms with van der Waals surface area (Å²) in [6.07, 6.45) is 13.9. The van der Waals surface area contributed by atoms with Gasteiger partial charge in [-0.2, -0.15) is 23.5 Å². The fourth-order valence-corrected chi connectivity index (χ4v) is 16.1. The number of para-hydroxylation sites is 1.